The first-order chi connectivity index (χ1) is 13.9. The zero-order chi connectivity index (χ0) is 20.8. The largest absolute Gasteiger partial charge is 0.344 e. The molecule has 2 atom stereocenters. The molecule has 6 nitrogen and oxygen atoms in total. The van der Waals surface area contributed by atoms with Gasteiger partial charge >= 0.3 is 0 Å². The fourth-order valence-corrected chi connectivity index (χ4v) is 4.46. The lowest BCUT2D eigenvalue weighted by Crippen LogP contribution is -2.59. The molecule has 2 aliphatic heterocycles. The van der Waals surface area contributed by atoms with Crippen LogP contribution in [0.3, 0.4) is 0 Å². The molecule has 0 spiro atoms. The van der Waals surface area contributed by atoms with E-state index in [9.17, 15) is 9.59 Å². The third-order valence-electron chi connectivity index (χ3n) is 6.20. The van der Waals surface area contributed by atoms with Crippen LogP contribution in [0.25, 0.3) is 0 Å². The van der Waals surface area contributed by atoms with E-state index in [1.165, 1.54) is 19.4 Å². The molecule has 2 heterocycles. The predicted molar refractivity (Wildman–Crippen MR) is 116 cm³/mol. The molecule has 0 aliphatic carbocycles. The summed E-state index contributed by atoms with van der Waals surface area (Å²) in [6, 6.07) is 9.82. The minimum Gasteiger partial charge on any atom is -0.344 e. The van der Waals surface area contributed by atoms with Crippen molar-refractivity contribution in [1.82, 2.24) is 20.0 Å². The molecule has 1 aromatic rings. The van der Waals surface area contributed by atoms with Crippen LogP contribution < -0.4 is 5.32 Å². The van der Waals surface area contributed by atoms with Crippen LogP contribution in [-0.4, -0.2) is 84.9 Å². The zero-order valence-corrected chi connectivity index (χ0v) is 18.1. The molecule has 2 saturated heterocycles. The smallest absolute Gasteiger partial charge is 0.245 e. The molecular formula is C23H36N4O2. The maximum Gasteiger partial charge on any atom is 0.245 e. The Morgan fingerprint density at radius 2 is 1.76 bits per heavy atom. The molecule has 0 bridgehead atoms. The second-order valence-electron chi connectivity index (χ2n) is 8.87. The van der Waals surface area contributed by atoms with Crippen molar-refractivity contribution in [3.05, 3.63) is 35.9 Å². The van der Waals surface area contributed by atoms with Crippen molar-refractivity contribution >= 4 is 11.8 Å². The van der Waals surface area contributed by atoms with Crippen LogP contribution in [0.2, 0.25) is 0 Å². The van der Waals surface area contributed by atoms with Crippen LogP contribution in [-0.2, 0) is 16.0 Å². The monoisotopic (exact) mass is 400 g/mol. The average molecular weight is 401 g/mol. The summed E-state index contributed by atoms with van der Waals surface area (Å²) in [5, 5.41) is 2.99. The minimum absolute atomic E-state index is 0.0572. The van der Waals surface area contributed by atoms with E-state index in [1.54, 1.807) is 0 Å². The molecule has 2 aliphatic rings. The Morgan fingerprint density at radius 1 is 1.07 bits per heavy atom. The number of piperidine rings is 1. The van der Waals surface area contributed by atoms with Crippen molar-refractivity contribution < 1.29 is 9.59 Å². The molecule has 0 saturated carbocycles. The van der Waals surface area contributed by atoms with Crippen LogP contribution >= 0.6 is 0 Å². The van der Waals surface area contributed by atoms with Crippen molar-refractivity contribution in [2.75, 3.05) is 46.3 Å². The van der Waals surface area contributed by atoms with Crippen molar-refractivity contribution in [1.29, 1.82) is 0 Å². The van der Waals surface area contributed by atoms with Gasteiger partial charge in [0, 0.05) is 38.8 Å². The van der Waals surface area contributed by atoms with E-state index >= 15 is 0 Å². The molecule has 160 valence electrons. The van der Waals surface area contributed by atoms with Gasteiger partial charge in [-0.3, -0.25) is 14.5 Å². The van der Waals surface area contributed by atoms with E-state index in [-0.39, 0.29) is 17.7 Å². The molecule has 1 N–H and O–H groups in total. The quantitative estimate of drug-likeness (QED) is 0.788. The fourth-order valence-electron chi connectivity index (χ4n) is 4.46. The first kappa shape index (κ1) is 21.8. The second kappa shape index (κ2) is 10.2. The number of likely N-dealkylation sites (N-methyl/N-ethyl adjacent to an activating group) is 1. The lowest BCUT2D eigenvalue weighted by Gasteiger charge is -2.43. The fraction of sp³-hybridized carbons (Fsp3) is 0.652. The van der Waals surface area contributed by atoms with E-state index in [1.807, 2.05) is 49.1 Å². The number of amides is 2. The van der Waals surface area contributed by atoms with Crippen LogP contribution in [0.15, 0.2) is 30.3 Å². The minimum atomic E-state index is -0.460. The van der Waals surface area contributed by atoms with E-state index in [0.29, 0.717) is 12.5 Å². The first-order valence-corrected chi connectivity index (χ1v) is 11.0. The van der Waals surface area contributed by atoms with Gasteiger partial charge in [-0.2, -0.15) is 0 Å². The topological polar surface area (TPSA) is 55.9 Å². The number of piperazine rings is 1. The summed E-state index contributed by atoms with van der Waals surface area (Å²) in [7, 11) is 2.19. The number of likely N-dealkylation sites (tertiary alicyclic amines) is 1. The highest BCUT2D eigenvalue weighted by atomic mass is 16.2. The highest BCUT2D eigenvalue weighted by Crippen LogP contribution is 2.18. The number of nitrogens with one attached hydrogen (secondary N) is 1. The SMILES string of the molecule is CC(C)C(NC(=O)Cc1ccccc1)C(=O)N1CCN(C2CCCN(C)C2)CC1. The van der Waals surface area contributed by atoms with Gasteiger partial charge < -0.3 is 15.1 Å². The Labute approximate surface area is 175 Å². The summed E-state index contributed by atoms with van der Waals surface area (Å²) in [6.07, 6.45) is 2.81. The maximum absolute atomic E-state index is 13.1. The normalized spacial score (nSPS) is 22.5. The molecule has 1 aromatic carbocycles. The molecule has 3 rings (SSSR count). The number of hydrogen-bond donors (Lipinski definition) is 1. The second-order valence-corrected chi connectivity index (χ2v) is 8.87. The van der Waals surface area contributed by atoms with Crippen molar-refractivity contribution in [3.8, 4) is 0 Å². The van der Waals surface area contributed by atoms with E-state index in [2.05, 4.69) is 22.2 Å². The Morgan fingerprint density at radius 3 is 2.38 bits per heavy atom. The number of carbonyl (C=O) groups is 2. The zero-order valence-electron chi connectivity index (χ0n) is 18.1. The first-order valence-electron chi connectivity index (χ1n) is 11.0. The highest BCUT2D eigenvalue weighted by Gasteiger charge is 2.33. The molecule has 0 aromatic heterocycles. The molecule has 0 radical (unpaired) electrons. The summed E-state index contributed by atoms with van der Waals surface area (Å²) in [5.74, 6) is 0.0289. The van der Waals surface area contributed by atoms with Gasteiger partial charge in [0.1, 0.15) is 6.04 Å². The van der Waals surface area contributed by atoms with Gasteiger partial charge in [0.15, 0.2) is 0 Å². The summed E-state index contributed by atoms with van der Waals surface area (Å²) in [4.78, 5) is 32.5. The van der Waals surface area contributed by atoms with Gasteiger partial charge in [-0.15, -0.1) is 0 Å². The van der Waals surface area contributed by atoms with E-state index in [0.717, 1.165) is 38.3 Å². The maximum atomic E-state index is 13.1. The standard InChI is InChI=1S/C23H36N4O2/c1-18(2)22(24-21(28)16-19-8-5-4-6-9-19)23(29)27-14-12-26(13-15-27)20-10-7-11-25(3)17-20/h4-6,8-9,18,20,22H,7,10-17H2,1-3H3,(H,24,28). The number of nitrogens with zero attached hydrogens (tertiary/aromatic N) is 3. The molecule has 2 fully saturated rings. The van der Waals surface area contributed by atoms with Crippen LogP contribution in [0, 0.1) is 5.92 Å². The molecular weight excluding hydrogens is 364 g/mol. The van der Waals surface area contributed by atoms with Gasteiger partial charge in [-0.25, -0.2) is 0 Å². The van der Waals surface area contributed by atoms with Gasteiger partial charge in [-0.1, -0.05) is 44.2 Å². The number of carbonyl (C=O) groups excluding carboxylic acids is 2. The third kappa shape index (κ3) is 6.03. The number of rotatable bonds is 6. The van der Waals surface area contributed by atoms with Crippen LogP contribution in [0.5, 0.6) is 0 Å². The van der Waals surface area contributed by atoms with Crippen molar-refractivity contribution in [2.24, 2.45) is 5.92 Å². The highest BCUT2D eigenvalue weighted by molar-refractivity contribution is 5.88. The number of hydrogen-bond acceptors (Lipinski definition) is 4. The van der Waals surface area contributed by atoms with Gasteiger partial charge in [0.2, 0.25) is 11.8 Å². The summed E-state index contributed by atoms with van der Waals surface area (Å²) >= 11 is 0. The van der Waals surface area contributed by atoms with Crippen LogP contribution in [0.4, 0.5) is 0 Å². The Bertz CT molecular complexity index is 671. The summed E-state index contributed by atoms with van der Waals surface area (Å²) < 4.78 is 0. The van der Waals surface area contributed by atoms with Gasteiger partial charge in [0.25, 0.3) is 0 Å². The lowest BCUT2D eigenvalue weighted by molar-refractivity contribution is -0.139. The molecule has 2 amide bonds. The van der Waals surface area contributed by atoms with E-state index < -0.39 is 6.04 Å². The molecule has 29 heavy (non-hydrogen) atoms. The summed E-state index contributed by atoms with van der Waals surface area (Å²) in [6.45, 7) is 9.65. The number of benzene rings is 1. The van der Waals surface area contributed by atoms with Crippen molar-refractivity contribution in [2.45, 2.75) is 45.2 Å². The Hall–Kier alpha value is -1.92. The van der Waals surface area contributed by atoms with Gasteiger partial charge in [0.05, 0.1) is 6.42 Å². The summed E-state index contributed by atoms with van der Waals surface area (Å²) in [5.41, 5.74) is 0.964. The Kier molecular flexibility index (Phi) is 7.67. The van der Waals surface area contributed by atoms with E-state index in [4.69, 9.17) is 0 Å². The predicted octanol–water partition coefficient (Wildman–Crippen LogP) is 1.61. The molecule has 6 heteroatoms. The third-order valence-corrected chi connectivity index (χ3v) is 6.20. The average Bonchev–Trinajstić information content (AvgIpc) is 2.72. The molecule has 2 unspecified atom stereocenters. The van der Waals surface area contributed by atoms with Crippen LogP contribution in [0.1, 0.15) is 32.3 Å². The lowest BCUT2D eigenvalue weighted by atomic mass is 10.0. The van der Waals surface area contributed by atoms with Crippen molar-refractivity contribution in [3.63, 3.8) is 0 Å². The Balaban J connectivity index is 1.52. The van der Waals surface area contributed by atoms with Gasteiger partial charge in [-0.05, 0) is 37.9 Å².